The van der Waals surface area contributed by atoms with E-state index in [9.17, 15) is 19.1 Å². The summed E-state index contributed by atoms with van der Waals surface area (Å²) < 4.78 is 35.9. The van der Waals surface area contributed by atoms with E-state index in [4.69, 9.17) is 30.5 Å². The Labute approximate surface area is 272 Å². The lowest BCUT2D eigenvalue weighted by molar-refractivity contribution is -0.136. The van der Waals surface area contributed by atoms with Gasteiger partial charge in [-0.15, -0.1) is 0 Å². The molecule has 0 saturated carbocycles. The standard InChI is InChI=1S/C31H31BrClFN4O7/c1-4-43-25-13-20(28-27(30(40)42-3)17(2)36-31(41)37-28)7-10-24(25)44-16-26(39)38-35-14-19-11-22(32)29(23(33)12-19)45-15-18-5-8-21(34)9-6-18/h5-14,26,28,38-39H,4,15-16H2,1-3H3,(H2,36,37,41)/b35-14-/t26-,28-/m0/s1. The molecule has 0 bridgehead atoms. The summed E-state index contributed by atoms with van der Waals surface area (Å²) in [5.74, 6) is 0.190. The van der Waals surface area contributed by atoms with Gasteiger partial charge in [0.1, 0.15) is 19.0 Å². The molecule has 0 saturated heterocycles. The topological polar surface area (TPSA) is 140 Å². The van der Waals surface area contributed by atoms with E-state index in [1.807, 2.05) is 0 Å². The molecule has 238 valence electrons. The minimum atomic E-state index is -1.19. The van der Waals surface area contributed by atoms with Gasteiger partial charge in [0.15, 0.2) is 23.5 Å². The fraction of sp³-hybridized carbons (Fsp3) is 0.258. The summed E-state index contributed by atoms with van der Waals surface area (Å²) in [6, 6.07) is 13.1. The van der Waals surface area contributed by atoms with Crippen molar-refractivity contribution in [2.45, 2.75) is 32.7 Å². The first-order valence-corrected chi connectivity index (χ1v) is 14.9. The number of ether oxygens (including phenoxy) is 4. The van der Waals surface area contributed by atoms with Gasteiger partial charge < -0.3 is 34.7 Å². The number of nitrogens with one attached hydrogen (secondary N) is 3. The Morgan fingerprint density at radius 1 is 1.16 bits per heavy atom. The molecule has 3 aromatic carbocycles. The van der Waals surface area contributed by atoms with Crippen molar-refractivity contribution in [1.82, 2.24) is 16.1 Å². The number of allylic oxidation sites excluding steroid dienone is 1. The predicted molar refractivity (Wildman–Crippen MR) is 169 cm³/mol. The second-order valence-electron chi connectivity index (χ2n) is 9.64. The molecule has 1 aliphatic rings. The number of hydrogen-bond donors (Lipinski definition) is 4. The number of hydrogen-bond acceptors (Lipinski definition) is 9. The minimum absolute atomic E-state index is 0.187. The summed E-state index contributed by atoms with van der Waals surface area (Å²) in [6.45, 7) is 3.75. The zero-order chi connectivity index (χ0) is 32.5. The Kier molecular flexibility index (Phi) is 11.6. The van der Waals surface area contributed by atoms with Gasteiger partial charge in [0.2, 0.25) is 0 Å². The van der Waals surface area contributed by atoms with E-state index >= 15 is 0 Å². The molecule has 0 aromatic heterocycles. The number of rotatable bonds is 13. The molecule has 0 radical (unpaired) electrons. The van der Waals surface area contributed by atoms with Crippen molar-refractivity contribution in [2.24, 2.45) is 5.10 Å². The highest BCUT2D eigenvalue weighted by Gasteiger charge is 2.32. The van der Waals surface area contributed by atoms with E-state index in [1.54, 1.807) is 56.3 Å². The van der Waals surface area contributed by atoms with Crippen LogP contribution in [0.1, 0.15) is 36.6 Å². The van der Waals surface area contributed by atoms with Gasteiger partial charge in [-0.1, -0.05) is 29.8 Å². The van der Waals surface area contributed by atoms with E-state index < -0.39 is 24.3 Å². The normalized spacial score (nSPS) is 15.3. The Morgan fingerprint density at radius 2 is 1.91 bits per heavy atom. The van der Waals surface area contributed by atoms with Crippen molar-refractivity contribution >= 4 is 45.7 Å². The van der Waals surface area contributed by atoms with Crippen LogP contribution in [0.3, 0.4) is 0 Å². The number of aliphatic hydroxyl groups excluding tert-OH is 1. The summed E-state index contributed by atoms with van der Waals surface area (Å²) in [6.07, 6.45) is 0.277. The quantitative estimate of drug-likeness (QED) is 0.0809. The maximum atomic E-state index is 13.1. The van der Waals surface area contributed by atoms with Gasteiger partial charge in [0.25, 0.3) is 0 Å². The number of carbonyl (C=O) groups is 2. The molecule has 45 heavy (non-hydrogen) atoms. The van der Waals surface area contributed by atoms with E-state index in [1.165, 1.54) is 25.5 Å². The number of halogens is 3. The average molecular weight is 706 g/mol. The molecule has 4 rings (SSSR count). The number of urea groups is 1. The van der Waals surface area contributed by atoms with Crippen LogP contribution in [0, 0.1) is 5.82 Å². The van der Waals surface area contributed by atoms with Crippen molar-refractivity contribution in [3.05, 3.63) is 97.9 Å². The number of nitrogens with zero attached hydrogens (tertiary/aromatic N) is 1. The van der Waals surface area contributed by atoms with Crippen LogP contribution >= 0.6 is 27.5 Å². The van der Waals surface area contributed by atoms with Gasteiger partial charge >= 0.3 is 12.0 Å². The Hall–Kier alpha value is -4.33. The van der Waals surface area contributed by atoms with E-state index in [-0.39, 0.29) is 24.6 Å². The van der Waals surface area contributed by atoms with Gasteiger partial charge in [-0.3, -0.25) is 5.43 Å². The van der Waals surface area contributed by atoms with Crippen LogP contribution < -0.4 is 30.3 Å². The van der Waals surface area contributed by atoms with E-state index in [2.05, 4.69) is 37.1 Å². The van der Waals surface area contributed by atoms with Crippen LogP contribution in [0.5, 0.6) is 17.2 Å². The Bertz CT molecular complexity index is 1580. The van der Waals surface area contributed by atoms with Crippen LogP contribution in [0.2, 0.25) is 5.02 Å². The first-order valence-electron chi connectivity index (χ1n) is 13.7. The number of methoxy groups -OCH3 is 1. The predicted octanol–water partition coefficient (Wildman–Crippen LogP) is 5.34. The second kappa shape index (κ2) is 15.6. The Morgan fingerprint density at radius 3 is 2.60 bits per heavy atom. The molecule has 0 unspecified atom stereocenters. The first kappa shape index (κ1) is 33.6. The van der Waals surface area contributed by atoms with Crippen LogP contribution in [0.15, 0.2) is 75.4 Å². The highest BCUT2D eigenvalue weighted by Crippen LogP contribution is 2.36. The molecular formula is C31H31BrClFN4O7. The summed E-state index contributed by atoms with van der Waals surface area (Å²) in [5.41, 5.74) is 5.19. The minimum Gasteiger partial charge on any atom is -0.490 e. The van der Waals surface area contributed by atoms with Crippen LogP contribution in [0.4, 0.5) is 9.18 Å². The molecule has 3 aromatic rings. The van der Waals surface area contributed by atoms with Crippen molar-refractivity contribution in [3.63, 3.8) is 0 Å². The lowest BCUT2D eigenvalue weighted by Gasteiger charge is -2.28. The first-order chi connectivity index (χ1) is 21.6. The lowest BCUT2D eigenvalue weighted by Crippen LogP contribution is -2.45. The zero-order valence-electron chi connectivity index (χ0n) is 24.5. The average Bonchev–Trinajstić information content (AvgIpc) is 3.00. The number of aliphatic hydroxyl groups is 1. The fourth-order valence-corrected chi connectivity index (χ4v) is 5.34. The summed E-state index contributed by atoms with van der Waals surface area (Å²) in [5, 5.41) is 20.1. The van der Waals surface area contributed by atoms with E-state index in [0.29, 0.717) is 50.2 Å². The molecule has 14 heteroatoms. The highest BCUT2D eigenvalue weighted by atomic mass is 79.9. The smallest absolute Gasteiger partial charge is 0.337 e. The van der Waals surface area contributed by atoms with Crippen molar-refractivity contribution in [2.75, 3.05) is 20.3 Å². The fourth-order valence-electron chi connectivity index (χ4n) is 4.35. The number of benzene rings is 3. The molecule has 0 fully saturated rings. The zero-order valence-corrected chi connectivity index (χ0v) is 26.9. The van der Waals surface area contributed by atoms with E-state index in [0.717, 1.165) is 5.56 Å². The molecule has 2 amide bonds. The lowest BCUT2D eigenvalue weighted by atomic mass is 9.95. The number of esters is 1. The van der Waals surface area contributed by atoms with Crippen molar-refractivity contribution < 1.29 is 38.0 Å². The van der Waals surface area contributed by atoms with Gasteiger partial charge in [-0.05, 0) is 82.9 Å². The molecule has 4 N–H and O–H groups in total. The van der Waals surface area contributed by atoms with Gasteiger partial charge in [-0.2, -0.15) is 5.10 Å². The molecule has 11 nitrogen and oxygen atoms in total. The maximum absolute atomic E-state index is 13.1. The van der Waals surface area contributed by atoms with Gasteiger partial charge in [0.05, 0.1) is 41.0 Å². The molecular weight excluding hydrogens is 675 g/mol. The number of amides is 2. The molecule has 0 spiro atoms. The summed E-state index contributed by atoms with van der Waals surface area (Å²) in [7, 11) is 1.26. The maximum Gasteiger partial charge on any atom is 0.337 e. The number of carbonyl (C=O) groups excluding carboxylic acids is 2. The summed E-state index contributed by atoms with van der Waals surface area (Å²) >= 11 is 9.85. The van der Waals surface area contributed by atoms with Gasteiger partial charge in [-0.25, -0.2) is 14.0 Å². The molecule has 2 atom stereocenters. The molecule has 1 heterocycles. The van der Waals surface area contributed by atoms with Crippen LogP contribution in [-0.2, 0) is 16.1 Å². The SMILES string of the molecule is CCOc1cc([C@@H]2NC(=O)NC(C)=C2C(=O)OC)ccc1OC[C@H](O)N/N=C\c1cc(Cl)c(OCc2ccc(F)cc2)c(Br)c1. The summed E-state index contributed by atoms with van der Waals surface area (Å²) in [4.78, 5) is 24.6. The van der Waals surface area contributed by atoms with Crippen LogP contribution in [0.25, 0.3) is 0 Å². The Balaban J connectivity index is 1.37. The largest absolute Gasteiger partial charge is 0.490 e. The second-order valence-corrected chi connectivity index (χ2v) is 10.9. The van der Waals surface area contributed by atoms with Gasteiger partial charge in [0, 0.05) is 5.70 Å². The third-order valence-electron chi connectivity index (χ3n) is 6.43. The monoisotopic (exact) mass is 704 g/mol. The molecule has 0 aliphatic carbocycles. The molecule has 1 aliphatic heterocycles. The number of hydrazone groups is 1. The third kappa shape index (κ3) is 8.87. The van der Waals surface area contributed by atoms with Crippen molar-refractivity contribution in [3.8, 4) is 17.2 Å². The third-order valence-corrected chi connectivity index (χ3v) is 7.30. The highest BCUT2D eigenvalue weighted by molar-refractivity contribution is 9.10. The van der Waals surface area contributed by atoms with Crippen molar-refractivity contribution in [1.29, 1.82) is 0 Å². The van der Waals surface area contributed by atoms with Crippen LogP contribution in [-0.4, -0.2) is 49.9 Å².